The molecule has 0 radical (unpaired) electrons. The molecule has 0 heterocycles. The summed E-state index contributed by atoms with van der Waals surface area (Å²) in [5.74, 6) is 1.92. The number of methoxy groups -OCH3 is 1. The van der Waals surface area contributed by atoms with Gasteiger partial charge in [0.2, 0.25) is 0 Å². The second-order valence-electron chi connectivity index (χ2n) is 4.57. The Morgan fingerprint density at radius 1 is 1.44 bits per heavy atom. The molecule has 4 heteroatoms. The summed E-state index contributed by atoms with van der Waals surface area (Å²) in [6, 6.07) is 3.73. The van der Waals surface area contributed by atoms with Crippen LogP contribution in [-0.4, -0.2) is 20.0 Å². The maximum atomic E-state index is 10.4. The topological polar surface area (TPSA) is 35.5 Å². The maximum Gasteiger partial charge on any atom is 0.179 e. The molecule has 98 valence electrons. The van der Waals surface area contributed by atoms with Gasteiger partial charge in [0.15, 0.2) is 11.5 Å². The standard InChI is InChI=1S/C14H17ClO3/c1-17-13-8-11(3-2-6-16)7-12(15)14(13)18-9-10-4-5-10/h6-8,10H,2-5,9H2,1H3. The molecule has 0 saturated heterocycles. The molecule has 0 atom stereocenters. The normalized spacial score (nSPS) is 14.3. The molecule has 0 N–H and O–H groups in total. The molecule has 0 amide bonds. The van der Waals surface area contributed by atoms with Crippen molar-refractivity contribution < 1.29 is 14.3 Å². The van der Waals surface area contributed by atoms with E-state index in [0.29, 0.717) is 41.9 Å². The van der Waals surface area contributed by atoms with Gasteiger partial charge in [-0.05, 0) is 42.9 Å². The Bertz CT molecular complexity index is 427. The SMILES string of the molecule is COc1cc(CCC=O)cc(Cl)c1OCC1CC1. The third-order valence-electron chi connectivity index (χ3n) is 3.00. The zero-order chi connectivity index (χ0) is 13.0. The summed E-state index contributed by atoms with van der Waals surface area (Å²) < 4.78 is 11.0. The molecule has 1 aliphatic rings. The van der Waals surface area contributed by atoms with Gasteiger partial charge in [-0.1, -0.05) is 11.6 Å². The van der Waals surface area contributed by atoms with Crippen molar-refractivity contribution >= 4 is 17.9 Å². The minimum absolute atomic E-state index is 0.488. The molecule has 0 aliphatic heterocycles. The molecule has 3 nitrogen and oxygen atoms in total. The number of ether oxygens (including phenoxy) is 2. The average Bonchev–Trinajstić information content (AvgIpc) is 3.18. The predicted octanol–water partition coefficient (Wildman–Crippen LogP) is 3.27. The monoisotopic (exact) mass is 268 g/mol. The van der Waals surface area contributed by atoms with Gasteiger partial charge in [0.1, 0.15) is 6.29 Å². The van der Waals surface area contributed by atoms with Crippen molar-refractivity contribution in [3.8, 4) is 11.5 Å². The molecule has 2 rings (SSSR count). The molecule has 1 fully saturated rings. The van der Waals surface area contributed by atoms with Gasteiger partial charge in [0.05, 0.1) is 18.7 Å². The van der Waals surface area contributed by atoms with E-state index in [1.807, 2.05) is 12.1 Å². The first-order chi connectivity index (χ1) is 8.74. The van der Waals surface area contributed by atoms with Gasteiger partial charge in [-0.25, -0.2) is 0 Å². The lowest BCUT2D eigenvalue weighted by atomic mass is 10.1. The second kappa shape index (κ2) is 6.10. The highest BCUT2D eigenvalue weighted by Crippen LogP contribution is 2.38. The van der Waals surface area contributed by atoms with Gasteiger partial charge in [0, 0.05) is 6.42 Å². The van der Waals surface area contributed by atoms with Crippen LogP contribution < -0.4 is 9.47 Å². The number of aldehydes is 1. The molecule has 1 aliphatic carbocycles. The van der Waals surface area contributed by atoms with Crippen LogP contribution in [0.25, 0.3) is 0 Å². The second-order valence-corrected chi connectivity index (χ2v) is 4.98. The molecular weight excluding hydrogens is 252 g/mol. The Balaban J connectivity index is 2.13. The van der Waals surface area contributed by atoms with E-state index in [1.54, 1.807) is 7.11 Å². The van der Waals surface area contributed by atoms with Gasteiger partial charge in [-0.2, -0.15) is 0 Å². The summed E-state index contributed by atoms with van der Waals surface area (Å²) in [4.78, 5) is 10.4. The lowest BCUT2D eigenvalue weighted by Gasteiger charge is -2.13. The van der Waals surface area contributed by atoms with Crippen molar-refractivity contribution in [1.29, 1.82) is 0 Å². The zero-order valence-electron chi connectivity index (χ0n) is 10.4. The Kier molecular flexibility index (Phi) is 4.48. The first-order valence-electron chi connectivity index (χ1n) is 6.17. The van der Waals surface area contributed by atoms with E-state index < -0.39 is 0 Å². The highest BCUT2D eigenvalue weighted by molar-refractivity contribution is 6.32. The number of hydrogen-bond acceptors (Lipinski definition) is 3. The van der Waals surface area contributed by atoms with Crippen molar-refractivity contribution in [2.45, 2.75) is 25.7 Å². The number of halogens is 1. The van der Waals surface area contributed by atoms with Gasteiger partial charge in [0.25, 0.3) is 0 Å². The molecule has 1 saturated carbocycles. The fourth-order valence-corrected chi connectivity index (χ4v) is 2.06. The van der Waals surface area contributed by atoms with Gasteiger partial charge in [-0.3, -0.25) is 0 Å². The third kappa shape index (κ3) is 3.39. The van der Waals surface area contributed by atoms with Crippen LogP contribution in [-0.2, 0) is 11.2 Å². The highest BCUT2D eigenvalue weighted by atomic mass is 35.5. The van der Waals surface area contributed by atoms with Gasteiger partial charge >= 0.3 is 0 Å². The minimum atomic E-state index is 0.488. The first kappa shape index (κ1) is 13.2. The van der Waals surface area contributed by atoms with Crippen LogP contribution in [0.1, 0.15) is 24.8 Å². The number of rotatable bonds is 7. The summed E-state index contributed by atoms with van der Waals surface area (Å²) in [6.45, 7) is 0.698. The van der Waals surface area contributed by atoms with E-state index in [0.717, 1.165) is 11.8 Å². The first-order valence-corrected chi connectivity index (χ1v) is 6.55. The van der Waals surface area contributed by atoms with Gasteiger partial charge < -0.3 is 14.3 Å². The Hall–Kier alpha value is -1.22. The molecule has 0 spiro atoms. The van der Waals surface area contributed by atoms with E-state index in [1.165, 1.54) is 12.8 Å². The number of carbonyl (C=O) groups excluding carboxylic acids is 1. The molecule has 0 unspecified atom stereocenters. The Morgan fingerprint density at radius 3 is 2.83 bits per heavy atom. The van der Waals surface area contributed by atoms with Gasteiger partial charge in [-0.15, -0.1) is 0 Å². The van der Waals surface area contributed by atoms with E-state index in [4.69, 9.17) is 21.1 Å². The molecule has 1 aromatic rings. The summed E-state index contributed by atoms with van der Waals surface area (Å²) in [7, 11) is 1.60. The van der Waals surface area contributed by atoms with Crippen molar-refractivity contribution in [2.75, 3.05) is 13.7 Å². The number of hydrogen-bond donors (Lipinski definition) is 0. The lowest BCUT2D eigenvalue weighted by Crippen LogP contribution is -2.02. The Labute approximate surface area is 112 Å². The van der Waals surface area contributed by atoms with Crippen LogP contribution in [0.2, 0.25) is 5.02 Å². The van der Waals surface area contributed by atoms with Crippen molar-refractivity contribution in [1.82, 2.24) is 0 Å². The van der Waals surface area contributed by atoms with Crippen molar-refractivity contribution in [3.63, 3.8) is 0 Å². The summed E-state index contributed by atoms with van der Waals surface area (Å²) in [5.41, 5.74) is 0.989. The average molecular weight is 269 g/mol. The molecule has 0 aromatic heterocycles. The lowest BCUT2D eigenvalue weighted by molar-refractivity contribution is -0.107. The van der Waals surface area contributed by atoms with E-state index in [9.17, 15) is 4.79 Å². The highest BCUT2D eigenvalue weighted by Gasteiger charge is 2.23. The van der Waals surface area contributed by atoms with Crippen molar-refractivity contribution in [3.05, 3.63) is 22.7 Å². The number of benzene rings is 1. The van der Waals surface area contributed by atoms with Crippen LogP contribution in [0.4, 0.5) is 0 Å². The van der Waals surface area contributed by atoms with E-state index in [-0.39, 0.29) is 0 Å². The maximum absolute atomic E-state index is 10.4. The molecule has 18 heavy (non-hydrogen) atoms. The molecule has 1 aromatic carbocycles. The largest absolute Gasteiger partial charge is 0.493 e. The summed E-state index contributed by atoms with van der Waals surface area (Å²) in [5, 5.41) is 0.552. The minimum Gasteiger partial charge on any atom is -0.493 e. The number of aryl methyl sites for hydroxylation is 1. The summed E-state index contributed by atoms with van der Waals surface area (Å²) >= 11 is 6.20. The quantitative estimate of drug-likeness (QED) is 0.712. The smallest absolute Gasteiger partial charge is 0.179 e. The fraction of sp³-hybridized carbons (Fsp3) is 0.500. The van der Waals surface area contributed by atoms with E-state index >= 15 is 0 Å². The molecule has 0 bridgehead atoms. The van der Waals surface area contributed by atoms with Crippen molar-refractivity contribution in [2.24, 2.45) is 5.92 Å². The Morgan fingerprint density at radius 2 is 2.22 bits per heavy atom. The van der Waals surface area contributed by atoms with E-state index in [2.05, 4.69) is 0 Å². The van der Waals surface area contributed by atoms with Crippen LogP contribution in [0.3, 0.4) is 0 Å². The summed E-state index contributed by atoms with van der Waals surface area (Å²) in [6.07, 6.45) is 4.52. The number of carbonyl (C=O) groups is 1. The fourth-order valence-electron chi connectivity index (χ4n) is 1.77. The van der Waals surface area contributed by atoms with Crippen LogP contribution in [0, 0.1) is 5.92 Å². The van der Waals surface area contributed by atoms with Crippen LogP contribution >= 0.6 is 11.6 Å². The zero-order valence-corrected chi connectivity index (χ0v) is 11.2. The molecular formula is C14H17ClO3. The third-order valence-corrected chi connectivity index (χ3v) is 3.28. The van der Waals surface area contributed by atoms with Crippen LogP contribution in [0.5, 0.6) is 11.5 Å². The predicted molar refractivity (Wildman–Crippen MR) is 70.6 cm³/mol. The van der Waals surface area contributed by atoms with Crippen LogP contribution in [0.15, 0.2) is 12.1 Å².